The van der Waals surface area contributed by atoms with Crippen molar-refractivity contribution in [1.29, 1.82) is 0 Å². The summed E-state index contributed by atoms with van der Waals surface area (Å²) in [5, 5.41) is 0.924. The standard InChI is InChI=1S/C9H11O.C5H4N.Cu/c1-2-10-8-9-6-4-3-5-7-9;1-2-4-6-5-3-1;/h3-7H,1-2,8H2;1-4H;. The Hall–Kier alpha value is -1.15. The van der Waals surface area contributed by atoms with Gasteiger partial charge in [0.05, 0.1) is 0 Å². The molecule has 0 bridgehead atoms. The van der Waals surface area contributed by atoms with Crippen LogP contribution in [0.1, 0.15) is 5.56 Å². The van der Waals surface area contributed by atoms with Gasteiger partial charge in [0.25, 0.3) is 0 Å². The molecule has 1 aromatic carbocycles. The van der Waals surface area contributed by atoms with E-state index in [1.807, 2.05) is 57.6 Å². The summed E-state index contributed by atoms with van der Waals surface area (Å²) in [6, 6.07) is 16.2. The summed E-state index contributed by atoms with van der Waals surface area (Å²) in [6.45, 7) is 1.42. The van der Waals surface area contributed by atoms with Crippen LogP contribution in [0.25, 0.3) is 0 Å². The summed E-state index contributed by atoms with van der Waals surface area (Å²) in [5.41, 5.74) is 1.22. The molecule has 0 aliphatic carbocycles. The molecule has 0 amide bonds. The second-order valence-corrected chi connectivity index (χ2v) is 4.69. The van der Waals surface area contributed by atoms with Gasteiger partial charge in [0, 0.05) is 0 Å². The molecule has 0 saturated heterocycles. The number of nitrogens with zero attached hydrogens (tertiary/aromatic N) is 1. The number of pyridine rings is 1. The molecule has 0 aliphatic heterocycles. The van der Waals surface area contributed by atoms with Crippen molar-refractivity contribution in [3.8, 4) is 0 Å². The molecule has 0 atom stereocenters. The molecule has 2 aromatic rings. The van der Waals surface area contributed by atoms with Gasteiger partial charge in [-0.3, -0.25) is 0 Å². The minimum absolute atomic E-state index is 0.682. The SMILES string of the molecule is c1ccc(COC[CH2][Cu][c]2ccccn2)cc1. The number of hydrogen-bond acceptors (Lipinski definition) is 2. The third-order valence-electron chi connectivity index (χ3n) is 2.11. The molecule has 2 nitrogen and oxygen atoms in total. The molecular weight excluding hydrogens is 262 g/mol. The Morgan fingerprint density at radius 2 is 1.82 bits per heavy atom. The van der Waals surface area contributed by atoms with Crippen LogP contribution in [0.5, 0.6) is 0 Å². The Morgan fingerprint density at radius 1 is 1.00 bits per heavy atom. The molecule has 3 heteroatoms. The zero-order valence-corrected chi connectivity index (χ0v) is 10.4. The molecule has 17 heavy (non-hydrogen) atoms. The van der Waals surface area contributed by atoms with Gasteiger partial charge in [0.2, 0.25) is 0 Å². The third-order valence-corrected chi connectivity index (χ3v) is 3.16. The maximum absolute atomic E-state index is 5.59. The summed E-state index contributed by atoms with van der Waals surface area (Å²) in [7, 11) is 0. The fraction of sp³-hybridized carbons (Fsp3) is 0.214. The van der Waals surface area contributed by atoms with Gasteiger partial charge in [-0.05, 0) is 0 Å². The average Bonchev–Trinajstić information content (AvgIpc) is 2.41. The number of aromatic nitrogens is 1. The summed E-state index contributed by atoms with van der Waals surface area (Å²) in [4.78, 5) is 4.24. The predicted molar refractivity (Wildman–Crippen MR) is 64.8 cm³/mol. The van der Waals surface area contributed by atoms with Crippen LogP contribution in [-0.2, 0) is 26.3 Å². The summed E-state index contributed by atoms with van der Waals surface area (Å²) in [5.74, 6) is 0. The van der Waals surface area contributed by atoms with Crippen LogP contribution in [0, 0.1) is 0 Å². The van der Waals surface area contributed by atoms with Crippen LogP contribution in [0.4, 0.5) is 0 Å². The second-order valence-electron chi connectivity index (χ2n) is 3.41. The quantitative estimate of drug-likeness (QED) is 0.597. The summed E-state index contributed by atoms with van der Waals surface area (Å²) in [6.07, 6.45) is 1.81. The second kappa shape index (κ2) is 7.23. The fourth-order valence-electron chi connectivity index (χ4n) is 1.31. The third kappa shape index (κ3) is 4.70. The van der Waals surface area contributed by atoms with Gasteiger partial charge in [-0.1, -0.05) is 0 Å². The topological polar surface area (TPSA) is 22.1 Å². The number of rotatable bonds is 6. The molecule has 0 N–H and O–H groups in total. The Balaban J connectivity index is 1.61. The summed E-state index contributed by atoms with van der Waals surface area (Å²) >= 11 is 1.81. The first kappa shape index (κ1) is 12.3. The normalized spacial score (nSPS) is 10.6. The number of hydrogen-bond donors (Lipinski definition) is 0. The van der Waals surface area contributed by atoms with E-state index < -0.39 is 0 Å². The van der Waals surface area contributed by atoms with Crippen LogP contribution in [0.3, 0.4) is 0 Å². The van der Waals surface area contributed by atoms with Crippen molar-refractivity contribution in [3.05, 3.63) is 60.3 Å². The van der Waals surface area contributed by atoms with Crippen LogP contribution in [0.2, 0.25) is 5.32 Å². The molecule has 0 fully saturated rings. The number of benzene rings is 1. The van der Waals surface area contributed by atoms with Gasteiger partial charge in [-0.15, -0.1) is 0 Å². The molecule has 1 heterocycles. The number of ether oxygens (including phenoxy) is 1. The van der Waals surface area contributed by atoms with Crippen molar-refractivity contribution in [2.24, 2.45) is 0 Å². The van der Waals surface area contributed by atoms with E-state index in [0.29, 0.717) is 6.61 Å². The molecule has 0 radical (unpaired) electrons. The van der Waals surface area contributed by atoms with Crippen LogP contribution in [0.15, 0.2) is 54.7 Å². The van der Waals surface area contributed by atoms with Crippen molar-refractivity contribution >= 4 is 4.59 Å². The van der Waals surface area contributed by atoms with E-state index in [9.17, 15) is 0 Å². The Morgan fingerprint density at radius 3 is 2.59 bits per heavy atom. The Kier molecular flexibility index (Phi) is 5.23. The van der Waals surface area contributed by atoms with Crippen LogP contribution >= 0.6 is 0 Å². The first-order valence-corrected chi connectivity index (χ1v) is 6.61. The molecular formula is C14H15CuNO. The Bertz CT molecular complexity index is 377. The van der Waals surface area contributed by atoms with E-state index in [-0.39, 0.29) is 0 Å². The first-order valence-electron chi connectivity index (χ1n) is 5.48. The van der Waals surface area contributed by atoms with Gasteiger partial charge in [0.15, 0.2) is 0 Å². The van der Waals surface area contributed by atoms with E-state index in [4.69, 9.17) is 4.74 Å². The fourth-order valence-corrected chi connectivity index (χ4v) is 2.14. The average molecular weight is 277 g/mol. The first-order chi connectivity index (χ1) is 8.45. The molecule has 93 valence electrons. The Labute approximate surface area is 108 Å². The van der Waals surface area contributed by atoms with E-state index in [1.54, 1.807) is 0 Å². The molecule has 2 rings (SSSR count). The predicted octanol–water partition coefficient (Wildman–Crippen LogP) is 2.42. The van der Waals surface area contributed by atoms with Gasteiger partial charge in [-0.25, -0.2) is 0 Å². The van der Waals surface area contributed by atoms with Crippen molar-refractivity contribution in [2.45, 2.75) is 11.9 Å². The zero-order chi connectivity index (χ0) is 11.8. The van der Waals surface area contributed by atoms with Gasteiger partial charge < -0.3 is 0 Å². The monoisotopic (exact) mass is 276 g/mol. The molecule has 1 aromatic heterocycles. The van der Waals surface area contributed by atoms with E-state index in [1.165, 1.54) is 5.56 Å². The molecule has 0 saturated carbocycles. The van der Waals surface area contributed by atoms with Crippen molar-refractivity contribution in [3.63, 3.8) is 0 Å². The zero-order valence-electron chi connectivity index (χ0n) is 9.47. The van der Waals surface area contributed by atoms with Crippen molar-refractivity contribution < 1.29 is 19.7 Å². The minimum atomic E-state index is 0.682. The molecule has 0 aliphatic rings. The molecule has 0 spiro atoms. The van der Waals surface area contributed by atoms with Crippen molar-refractivity contribution in [1.82, 2.24) is 4.98 Å². The van der Waals surface area contributed by atoms with E-state index in [0.717, 1.165) is 16.5 Å². The molecule has 0 unspecified atom stereocenters. The maximum atomic E-state index is 5.59. The van der Waals surface area contributed by atoms with E-state index in [2.05, 4.69) is 17.1 Å². The summed E-state index contributed by atoms with van der Waals surface area (Å²) < 4.78 is 6.63. The van der Waals surface area contributed by atoms with Crippen LogP contribution in [-0.4, -0.2) is 11.6 Å². The van der Waals surface area contributed by atoms with Gasteiger partial charge >= 0.3 is 108 Å². The van der Waals surface area contributed by atoms with Gasteiger partial charge in [0.1, 0.15) is 0 Å². The van der Waals surface area contributed by atoms with Crippen molar-refractivity contribution in [2.75, 3.05) is 6.61 Å². The van der Waals surface area contributed by atoms with Gasteiger partial charge in [-0.2, -0.15) is 0 Å². The van der Waals surface area contributed by atoms with E-state index >= 15 is 0 Å². The van der Waals surface area contributed by atoms with Crippen LogP contribution < -0.4 is 4.59 Å².